The standard InChI is InChI=1S/C14H24N2O3/c1-3-10-6-7-16(12(8-10)13(17)18)14(19)15-9(2)11-4-5-11/h9-12H,3-8H2,1-2H3,(H,15,19)(H,17,18). The van der Waals surface area contributed by atoms with Gasteiger partial charge in [-0.2, -0.15) is 0 Å². The van der Waals surface area contributed by atoms with E-state index in [0.29, 0.717) is 24.8 Å². The van der Waals surface area contributed by atoms with Crippen molar-refractivity contribution in [2.24, 2.45) is 11.8 Å². The van der Waals surface area contributed by atoms with Gasteiger partial charge >= 0.3 is 12.0 Å². The average molecular weight is 268 g/mol. The van der Waals surface area contributed by atoms with Crippen molar-refractivity contribution >= 4 is 12.0 Å². The molecular weight excluding hydrogens is 244 g/mol. The van der Waals surface area contributed by atoms with Crippen molar-refractivity contribution < 1.29 is 14.7 Å². The van der Waals surface area contributed by atoms with Crippen LogP contribution in [0.25, 0.3) is 0 Å². The van der Waals surface area contributed by atoms with Crippen LogP contribution in [0, 0.1) is 11.8 Å². The normalized spacial score (nSPS) is 28.8. The zero-order valence-electron chi connectivity index (χ0n) is 11.8. The first kappa shape index (κ1) is 14.2. The maximum Gasteiger partial charge on any atom is 0.326 e. The molecule has 2 rings (SSSR count). The highest BCUT2D eigenvalue weighted by molar-refractivity contribution is 5.83. The molecule has 0 bridgehead atoms. The number of carboxylic acid groups (broad SMARTS) is 1. The molecule has 2 aliphatic rings. The van der Waals surface area contributed by atoms with Crippen LogP contribution in [0.1, 0.15) is 46.0 Å². The quantitative estimate of drug-likeness (QED) is 0.820. The van der Waals surface area contributed by atoms with Crippen LogP contribution in [0.5, 0.6) is 0 Å². The van der Waals surface area contributed by atoms with Crippen LogP contribution in [0.4, 0.5) is 4.79 Å². The van der Waals surface area contributed by atoms with E-state index in [0.717, 1.165) is 12.8 Å². The summed E-state index contributed by atoms with van der Waals surface area (Å²) in [5.41, 5.74) is 0. The number of hydrogen-bond acceptors (Lipinski definition) is 2. The molecule has 5 nitrogen and oxygen atoms in total. The number of likely N-dealkylation sites (tertiary alicyclic amines) is 1. The second kappa shape index (κ2) is 5.80. The second-order valence-corrected chi connectivity index (χ2v) is 5.92. The van der Waals surface area contributed by atoms with Gasteiger partial charge in [-0.3, -0.25) is 0 Å². The van der Waals surface area contributed by atoms with E-state index in [2.05, 4.69) is 12.2 Å². The van der Waals surface area contributed by atoms with Gasteiger partial charge in [0.15, 0.2) is 0 Å². The van der Waals surface area contributed by atoms with Crippen LogP contribution in [0.3, 0.4) is 0 Å². The minimum atomic E-state index is -0.882. The van der Waals surface area contributed by atoms with E-state index in [-0.39, 0.29) is 12.1 Å². The summed E-state index contributed by atoms with van der Waals surface area (Å²) in [5, 5.41) is 12.3. The van der Waals surface area contributed by atoms with Gasteiger partial charge in [-0.1, -0.05) is 13.3 Å². The van der Waals surface area contributed by atoms with E-state index in [1.54, 1.807) is 0 Å². The summed E-state index contributed by atoms with van der Waals surface area (Å²) in [7, 11) is 0. The fourth-order valence-corrected chi connectivity index (χ4v) is 2.88. The lowest BCUT2D eigenvalue weighted by Crippen LogP contribution is -2.55. The zero-order chi connectivity index (χ0) is 14.0. The van der Waals surface area contributed by atoms with Gasteiger partial charge in [-0.15, -0.1) is 0 Å². The van der Waals surface area contributed by atoms with E-state index in [4.69, 9.17) is 0 Å². The number of piperidine rings is 1. The molecule has 1 aliphatic heterocycles. The molecule has 1 saturated heterocycles. The Labute approximate surface area is 114 Å². The smallest absolute Gasteiger partial charge is 0.326 e. The summed E-state index contributed by atoms with van der Waals surface area (Å²) in [6.45, 7) is 4.64. The van der Waals surface area contributed by atoms with Gasteiger partial charge in [-0.05, 0) is 44.4 Å². The second-order valence-electron chi connectivity index (χ2n) is 5.92. The highest BCUT2D eigenvalue weighted by Crippen LogP contribution is 2.32. The number of carbonyl (C=O) groups excluding carboxylic acids is 1. The van der Waals surface area contributed by atoms with Crippen LogP contribution in [-0.2, 0) is 4.79 Å². The molecule has 1 heterocycles. The Bertz CT molecular complexity index is 355. The summed E-state index contributed by atoms with van der Waals surface area (Å²) in [6.07, 6.45) is 4.81. The molecule has 19 heavy (non-hydrogen) atoms. The van der Waals surface area contributed by atoms with Crippen LogP contribution >= 0.6 is 0 Å². The van der Waals surface area contributed by atoms with Crippen molar-refractivity contribution in [2.75, 3.05) is 6.54 Å². The van der Waals surface area contributed by atoms with Crippen molar-refractivity contribution in [2.45, 2.75) is 58.0 Å². The number of carbonyl (C=O) groups is 2. The van der Waals surface area contributed by atoms with Crippen LogP contribution in [0.2, 0.25) is 0 Å². The highest BCUT2D eigenvalue weighted by Gasteiger charge is 2.37. The van der Waals surface area contributed by atoms with Crippen molar-refractivity contribution in [1.82, 2.24) is 10.2 Å². The Hall–Kier alpha value is -1.26. The van der Waals surface area contributed by atoms with Crippen molar-refractivity contribution in [1.29, 1.82) is 0 Å². The predicted octanol–water partition coefficient (Wildman–Crippen LogP) is 2.07. The Kier molecular flexibility index (Phi) is 4.32. The third-order valence-electron chi connectivity index (χ3n) is 4.51. The molecule has 108 valence electrons. The number of amides is 2. The molecule has 0 aromatic rings. The maximum atomic E-state index is 12.2. The maximum absolute atomic E-state index is 12.2. The minimum absolute atomic E-state index is 0.158. The van der Waals surface area contributed by atoms with Crippen molar-refractivity contribution in [3.63, 3.8) is 0 Å². The summed E-state index contributed by atoms with van der Waals surface area (Å²) < 4.78 is 0. The molecule has 2 fully saturated rings. The van der Waals surface area contributed by atoms with Crippen LogP contribution < -0.4 is 5.32 Å². The van der Waals surface area contributed by atoms with Gasteiger partial charge in [-0.25, -0.2) is 9.59 Å². The van der Waals surface area contributed by atoms with Gasteiger partial charge in [0, 0.05) is 12.6 Å². The largest absolute Gasteiger partial charge is 0.480 e. The first-order valence-corrected chi connectivity index (χ1v) is 7.32. The molecule has 0 aromatic heterocycles. The minimum Gasteiger partial charge on any atom is -0.480 e. The van der Waals surface area contributed by atoms with E-state index in [9.17, 15) is 14.7 Å². The third-order valence-corrected chi connectivity index (χ3v) is 4.51. The number of urea groups is 1. The topological polar surface area (TPSA) is 69.6 Å². The average Bonchev–Trinajstić information content (AvgIpc) is 3.22. The third kappa shape index (κ3) is 3.39. The number of hydrogen-bond donors (Lipinski definition) is 2. The molecule has 3 atom stereocenters. The fourth-order valence-electron chi connectivity index (χ4n) is 2.88. The molecule has 0 aromatic carbocycles. The van der Waals surface area contributed by atoms with Gasteiger partial charge in [0.25, 0.3) is 0 Å². The van der Waals surface area contributed by atoms with E-state index in [1.165, 1.54) is 17.7 Å². The molecule has 1 saturated carbocycles. The van der Waals surface area contributed by atoms with E-state index < -0.39 is 12.0 Å². The number of nitrogens with one attached hydrogen (secondary N) is 1. The van der Waals surface area contributed by atoms with Gasteiger partial charge in [0.1, 0.15) is 6.04 Å². The lowest BCUT2D eigenvalue weighted by atomic mass is 9.89. The zero-order valence-corrected chi connectivity index (χ0v) is 11.8. The summed E-state index contributed by atoms with van der Waals surface area (Å²) >= 11 is 0. The van der Waals surface area contributed by atoms with E-state index >= 15 is 0 Å². The lowest BCUT2D eigenvalue weighted by Gasteiger charge is -2.37. The Morgan fingerprint density at radius 1 is 1.37 bits per heavy atom. The number of aliphatic carboxylic acids is 1. The number of carboxylic acids is 1. The monoisotopic (exact) mass is 268 g/mol. The first-order valence-electron chi connectivity index (χ1n) is 7.32. The van der Waals surface area contributed by atoms with Crippen molar-refractivity contribution in [3.8, 4) is 0 Å². The van der Waals surface area contributed by atoms with Crippen molar-refractivity contribution in [3.05, 3.63) is 0 Å². The van der Waals surface area contributed by atoms with Gasteiger partial charge < -0.3 is 15.3 Å². The van der Waals surface area contributed by atoms with E-state index in [1.807, 2.05) is 6.92 Å². The summed E-state index contributed by atoms with van der Waals surface area (Å²) in [6, 6.07) is -0.711. The molecular formula is C14H24N2O3. The molecule has 5 heteroatoms. The first-order chi connectivity index (χ1) is 9.02. The lowest BCUT2D eigenvalue weighted by molar-refractivity contribution is -0.144. The van der Waals surface area contributed by atoms with Gasteiger partial charge in [0.2, 0.25) is 0 Å². The molecule has 2 amide bonds. The van der Waals surface area contributed by atoms with Gasteiger partial charge in [0.05, 0.1) is 0 Å². The van der Waals surface area contributed by atoms with Crippen LogP contribution in [0.15, 0.2) is 0 Å². The molecule has 0 radical (unpaired) electrons. The summed E-state index contributed by atoms with van der Waals surface area (Å²) in [5.74, 6) is 0.124. The Morgan fingerprint density at radius 3 is 2.58 bits per heavy atom. The summed E-state index contributed by atoms with van der Waals surface area (Å²) in [4.78, 5) is 25.1. The molecule has 0 spiro atoms. The highest BCUT2D eigenvalue weighted by atomic mass is 16.4. The van der Waals surface area contributed by atoms with Crippen LogP contribution in [-0.4, -0.2) is 40.6 Å². The number of nitrogens with zero attached hydrogens (tertiary/aromatic N) is 1. The fraction of sp³-hybridized carbons (Fsp3) is 0.857. The molecule has 2 N–H and O–H groups in total. The SMILES string of the molecule is CCC1CCN(C(=O)NC(C)C2CC2)C(C(=O)O)C1. The molecule has 3 unspecified atom stereocenters. The number of rotatable bonds is 4. The Balaban J connectivity index is 1.95. The molecule has 1 aliphatic carbocycles. The predicted molar refractivity (Wildman–Crippen MR) is 71.9 cm³/mol. The Morgan fingerprint density at radius 2 is 2.05 bits per heavy atom.